The van der Waals surface area contributed by atoms with Gasteiger partial charge in [-0.05, 0) is 48.9 Å². The number of fused-ring (bicyclic) bond motifs is 1. The molecule has 0 aliphatic heterocycles. The molecule has 0 aliphatic rings. The number of anilines is 2. The molecular formula is C21H23N3O4. The highest BCUT2D eigenvalue weighted by atomic mass is 16.3. The standard InChI is InChI=1S/C21H23N3O4/c1-3-4-11-22-13-5-7-14(8-6-13)23-20(27)18-19(26)16-12-15(25)9-10-17(16)24(2)21(18)28/h5-10,12,22,25-26H,3-4,11H2,1-2H3,(H,23,27). The number of amides is 1. The van der Waals surface area contributed by atoms with Crippen LogP contribution in [0.2, 0.25) is 0 Å². The van der Waals surface area contributed by atoms with Crippen LogP contribution in [0, 0.1) is 0 Å². The fraction of sp³-hybridized carbons (Fsp3) is 0.238. The second-order valence-electron chi connectivity index (χ2n) is 6.60. The summed E-state index contributed by atoms with van der Waals surface area (Å²) in [6.07, 6.45) is 2.17. The minimum absolute atomic E-state index is 0.0704. The summed E-state index contributed by atoms with van der Waals surface area (Å²) in [5.74, 6) is -1.24. The van der Waals surface area contributed by atoms with Gasteiger partial charge >= 0.3 is 0 Å². The predicted octanol–water partition coefficient (Wildman–Crippen LogP) is 3.41. The third-order valence-electron chi connectivity index (χ3n) is 4.58. The van der Waals surface area contributed by atoms with Crippen LogP contribution < -0.4 is 16.2 Å². The van der Waals surface area contributed by atoms with Gasteiger partial charge in [-0.1, -0.05) is 13.3 Å². The Balaban J connectivity index is 1.88. The van der Waals surface area contributed by atoms with E-state index in [1.807, 2.05) is 12.1 Å². The van der Waals surface area contributed by atoms with Crippen LogP contribution in [0.4, 0.5) is 11.4 Å². The molecule has 0 fully saturated rings. The molecule has 0 saturated heterocycles. The van der Waals surface area contributed by atoms with Crippen molar-refractivity contribution in [1.29, 1.82) is 0 Å². The van der Waals surface area contributed by atoms with Gasteiger partial charge in [0.1, 0.15) is 17.1 Å². The molecule has 0 aliphatic carbocycles. The lowest BCUT2D eigenvalue weighted by molar-refractivity contribution is 0.102. The van der Waals surface area contributed by atoms with Gasteiger partial charge in [0.05, 0.1) is 5.52 Å². The fourth-order valence-corrected chi connectivity index (χ4v) is 3.00. The van der Waals surface area contributed by atoms with Crippen LogP contribution in [0.25, 0.3) is 10.9 Å². The van der Waals surface area contributed by atoms with Crippen molar-refractivity contribution in [3.8, 4) is 11.5 Å². The molecule has 0 bridgehead atoms. The van der Waals surface area contributed by atoms with Gasteiger partial charge in [0.2, 0.25) is 0 Å². The minimum Gasteiger partial charge on any atom is -0.508 e. The van der Waals surface area contributed by atoms with Gasteiger partial charge in [0.25, 0.3) is 11.5 Å². The van der Waals surface area contributed by atoms with Gasteiger partial charge in [-0.3, -0.25) is 9.59 Å². The predicted molar refractivity (Wildman–Crippen MR) is 110 cm³/mol. The Kier molecular flexibility index (Phi) is 5.54. The number of phenols is 1. The normalized spacial score (nSPS) is 10.8. The first-order chi connectivity index (χ1) is 13.4. The number of nitrogens with zero attached hydrogens (tertiary/aromatic N) is 1. The van der Waals surface area contributed by atoms with Gasteiger partial charge in [0.15, 0.2) is 0 Å². The molecule has 0 saturated carbocycles. The Hall–Kier alpha value is -3.48. The Bertz CT molecular complexity index is 1070. The molecule has 146 valence electrons. The molecule has 0 atom stereocenters. The fourth-order valence-electron chi connectivity index (χ4n) is 3.00. The van der Waals surface area contributed by atoms with Gasteiger partial charge in [-0.15, -0.1) is 0 Å². The molecule has 3 aromatic rings. The number of rotatable bonds is 6. The number of carbonyl (C=O) groups excluding carboxylic acids is 1. The summed E-state index contributed by atoms with van der Waals surface area (Å²) in [4.78, 5) is 25.3. The Morgan fingerprint density at radius 1 is 1.07 bits per heavy atom. The molecule has 0 radical (unpaired) electrons. The van der Waals surface area contributed by atoms with E-state index in [4.69, 9.17) is 0 Å². The summed E-state index contributed by atoms with van der Waals surface area (Å²) in [5, 5.41) is 26.3. The summed E-state index contributed by atoms with van der Waals surface area (Å²) in [7, 11) is 1.51. The number of carbonyl (C=O) groups is 1. The molecule has 1 aromatic heterocycles. The molecule has 0 spiro atoms. The van der Waals surface area contributed by atoms with Crippen molar-refractivity contribution in [3.05, 3.63) is 58.4 Å². The van der Waals surface area contributed by atoms with Crippen LogP contribution in [-0.2, 0) is 7.05 Å². The molecule has 0 unspecified atom stereocenters. The second-order valence-corrected chi connectivity index (χ2v) is 6.60. The quantitative estimate of drug-likeness (QED) is 0.490. The molecule has 7 nitrogen and oxygen atoms in total. The van der Waals surface area contributed by atoms with E-state index in [0.29, 0.717) is 11.2 Å². The number of phenolic OH excluding ortho intramolecular Hbond substituents is 1. The van der Waals surface area contributed by atoms with Crippen molar-refractivity contribution in [1.82, 2.24) is 4.57 Å². The smallest absolute Gasteiger partial charge is 0.267 e. The maximum Gasteiger partial charge on any atom is 0.267 e. The van der Waals surface area contributed by atoms with Crippen molar-refractivity contribution in [3.63, 3.8) is 0 Å². The van der Waals surface area contributed by atoms with E-state index in [1.54, 1.807) is 12.1 Å². The Morgan fingerprint density at radius 3 is 2.43 bits per heavy atom. The highest BCUT2D eigenvalue weighted by molar-refractivity contribution is 6.09. The number of hydrogen-bond acceptors (Lipinski definition) is 5. The molecule has 4 N–H and O–H groups in total. The van der Waals surface area contributed by atoms with E-state index in [9.17, 15) is 19.8 Å². The lowest BCUT2D eigenvalue weighted by Crippen LogP contribution is -2.28. The van der Waals surface area contributed by atoms with Crippen molar-refractivity contribution in [2.45, 2.75) is 19.8 Å². The third kappa shape index (κ3) is 3.78. The second kappa shape index (κ2) is 8.04. The first-order valence-electron chi connectivity index (χ1n) is 9.12. The highest BCUT2D eigenvalue weighted by Crippen LogP contribution is 2.29. The Labute approximate surface area is 162 Å². The zero-order valence-electron chi connectivity index (χ0n) is 15.8. The van der Waals surface area contributed by atoms with E-state index in [-0.39, 0.29) is 16.7 Å². The van der Waals surface area contributed by atoms with Crippen LogP contribution in [0.15, 0.2) is 47.3 Å². The third-order valence-corrected chi connectivity index (χ3v) is 4.58. The minimum atomic E-state index is -0.713. The molecule has 28 heavy (non-hydrogen) atoms. The lowest BCUT2D eigenvalue weighted by Gasteiger charge is -2.12. The average molecular weight is 381 g/mol. The molecule has 1 heterocycles. The SMILES string of the molecule is CCCCNc1ccc(NC(=O)c2c(O)c3cc(O)ccc3n(C)c2=O)cc1. The summed E-state index contributed by atoms with van der Waals surface area (Å²) < 4.78 is 1.27. The number of aryl methyl sites for hydroxylation is 1. The van der Waals surface area contributed by atoms with Crippen LogP contribution in [-0.4, -0.2) is 27.2 Å². The molecule has 1 amide bonds. The summed E-state index contributed by atoms with van der Waals surface area (Å²) in [6, 6.07) is 11.4. The monoisotopic (exact) mass is 381 g/mol. The number of nitrogens with one attached hydrogen (secondary N) is 2. The largest absolute Gasteiger partial charge is 0.508 e. The van der Waals surface area contributed by atoms with Gasteiger partial charge < -0.3 is 25.4 Å². The molecule has 3 rings (SSSR count). The average Bonchev–Trinajstić information content (AvgIpc) is 2.68. The van der Waals surface area contributed by atoms with E-state index in [2.05, 4.69) is 17.6 Å². The molecular weight excluding hydrogens is 358 g/mol. The summed E-state index contributed by atoms with van der Waals surface area (Å²) in [6.45, 7) is 2.99. The van der Waals surface area contributed by atoms with Crippen LogP contribution in [0.5, 0.6) is 11.5 Å². The number of unbranched alkanes of at least 4 members (excludes halogenated alkanes) is 1. The zero-order chi connectivity index (χ0) is 20.3. The summed E-state index contributed by atoms with van der Waals surface area (Å²) in [5.41, 5.74) is 0.867. The maximum atomic E-state index is 12.7. The van der Waals surface area contributed by atoms with Crippen molar-refractivity contribution < 1.29 is 15.0 Å². The first kappa shape index (κ1) is 19.3. The molecule has 2 aromatic carbocycles. The van der Waals surface area contributed by atoms with Crippen molar-refractivity contribution >= 4 is 28.2 Å². The lowest BCUT2D eigenvalue weighted by atomic mass is 10.1. The highest BCUT2D eigenvalue weighted by Gasteiger charge is 2.21. The van der Waals surface area contributed by atoms with Crippen LogP contribution in [0.3, 0.4) is 0 Å². The maximum absolute atomic E-state index is 12.7. The van der Waals surface area contributed by atoms with E-state index in [0.717, 1.165) is 25.1 Å². The number of benzene rings is 2. The van der Waals surface area contributed by atoms with Crippen LogP contribution in [0.1, 0.15) is 30.1 Å². The first-order valence-corrected chi connectivity index (χ1v) is 9.12. The number of pyridine rings is 1. The van der Waals surface area contributed by atoms with Crippen LogP contribution >= 0.6 is 0 Å². The topological polar surface area (TPSA) is 104 Å². The van der Waals surface area contributed by atoms with E-state index >= 15 is 0 Å². The van der Waals surface area contributed by atoms with Gasteiger partial charge in [-0.2, -0.15) is 0 Å². The zero-order valence-corrected chi connectivity index (χ0v) is 15.8. The van der Waals surface area contributed by atoms with Crippen molar-refractivity contribution in [2.24, 2.45) is 7.05 Å². The number of aromatic nitrogens is 1. The summed E-state index contributed by atoms with van der Waals surface area (Å²) >= 11 is 0. The molecule has 7 heteroatoms. The van der Waals surface area contributed by atoms with Gasteiger partial charge in [0, 0.05) is 30.4 Å². The number of aromatic hydroxyl groups is 2. The van der Waals surface area contributed by atoms with Crippen molar-refractivity contribution in [2.75, 3.05) is 17.2 Å². The van der Waals surface area contributed by atoms with E-state index in [1.165, 1.54) is 29.8 Å². The Morgan fingerprint density at radius 2 is 1.75 bits per heavy atom. The van der Waals surface area contributed by atoms with E-state index < -0.39 is 17.2 Å². The van der Waals surface area contributed by atoms with Gasteiger partial charge in [-0.25, -0.2) is 0 Å². The number of hydrogen-bond donors (Lipinski definition) is 4.